The lowest BCUT2D eigenvalue weighted by molar-refractivity contribution is -0.136. The number of rotatable bonds is 1. The number of nitrogens with one attached hydrogen (secondary N) is 2. The molecule has 1 aromatic carbocycles. The second kappa shape index (κ2) is 6.34. The molecule has 0 radical (unpaired) electrons. The van der Waals surface area contributed by atoms with Crippen LogP contribution in [-0.2, 0) is 6.18 Å². The Labute approximate surface area is 146 Å². The van der Waals surface area contributed by atoms with Crippen molar-refractivity contribution in [1.29, 1.82) is 0 Å². The number of aromatic amines is 1. The van der Waals surface area contributed by atoms with Crippen LogP contribution < -0.4 is 10.9 Å². The molecule has 9 heteroatoms. The van der Waals surface area contributed by atoms with Gasteiger partial charge in [-0.2, -0.15) is 18.3 Å². The van der Waals surface area contributed by atoms with Gasteiger partial charge in [0.15, 0.2) is 0 Å². The second-order valence-electron chi connectivity index (χ2n) is 6.04. The Kier molecular flexibility index (Phi) is 4.51. The summed E-state index contributed by atoms with van der Waals surface area (Å²) in [6, 6.07) is 5.32. The third-order valence-corrected chi connectivity index (χ3v) is 4.53. The van der Waals surface area contributed by atoms with Crippen molar-refractivity contribution >= 4 is 29.0 Å². The molecule has 0 bridgehead atoms. The summed E-state index contributed by atoms with van der Waals surface area (Å²) in [6.45, 7) is 1.63. The van der Waals surface area contributed by atoms with Crippen LogP contribution in [0.5, 0.6) is 0 Å². The van der Waals surface area contributed by atoms with E-state index in [1.54, 1.807) is 0 Å². The first-order valence-corrected chi connectivity index (χ1v) is 7.78. The van der Waals surface area contributed by atoms with Crippen LogP contribution in [0.25, 0.3) is 16.6 Å². The first kappa shape index (κ1) is 17.8. The van der Waals surface area contributed by atoms with Gasteiger partial charge in [-0.15, -0.1) is 12.4 Å². The quantitative estimate of drug-likeness (QED) is 0.690. The number of H-pyrrole nitrogens is 1. The van der Waals surface area contributed by atoms with Crippen molar-refractivity contribution in [2.45, 2.75) is 24.9 Å². The van der Waals surface area contributed by atoms with Gasteiger partial charge in [0.1, 0.15) is 5.65 Å². The minimum atomic E-state index is -4.51. The van der Waals surface area contributed by atoms with Crippen LogP contribution in [0.15, 0.2) is 29.1 Å². The smallest absolute Gasteiger partial charge is 0.317 e. The highest BCUT2D eigenvalue weighted by Crippen LogP contribution is 2.36. The predicted molar refractivity (Wildman–Crippen MR) is 90.4 cm³/mol. The number of alkyl halides is 3. The van der Waals surface area contributed by atoms with E-state index in [4.69, 9.17) is 0 Å². The first-order valence-electron chi connectivity index (χ1n) is 7.78. The van der Waals surface area contributed by atoms with E-state index in [0.29, 0.717) is 5.69 Å². The van der Waals surface area contributed by atoms with E-state index < -0.39 is 17.3 Å². The average molecular weight is 373 g/mol. The number of nitrogens with zero attached hydrogens (tertiary/aromatic N) is 2. The molecule has 25 heavy (non-hydrogen) atoms. The fourth-order valence-electron chi connectivity index (χ4n) is 3.43. The molecule has 2 N–H and O–H groups in total. The number of benzene rings is 1. The van der Waals surface area contributed by atoms with E-state index in [2.05, 4.69) is 15.4 Å². The second-order valence-corrected chi connectivity index (χ2v) is 6.04. The third-order valence-electron chi connectivity index (χ3n) is 4.53. The van der Waals surface area contributed by atoms with Gasteiger partial charge >= 0.3 is 6.18 Å². The average Bonchev–Trinajstić information content (AvgIpc) is 2.92. The molecule has 0 spiro atoms. The van der Waals surface area contributed by atoms with Gasteiger partial charge in [-0.3, -0.25) is 4.79 Å². The zero-order valence-electron chi connectivity index (χ0n) is 13.1. The zero-order chi connectivity index (χ0) is 16.9. The van der Waals surface area contributed by atoms with E-state index >= 15 is 0 Å². The molecule has 4 rings (SSSR count). The molecule has 1 aliphatic rings. The monoisotopic (exact) mass is 372 g/mol. The number of aromatic nitrogens is 3. The summed E-state index contributed by atoms with van der Waals surface area (Å²) < 4.78 is 41.5. The summed E-state index contributed by atoms with van der Waals surface area (Å²) >= 11 is 0. The molecule has 1 aliphatic heterocycles. The highest BCUT2D eigenvalue weighted by molar-refractivity contribution is 5.95. The standard InChI is InChI=1S/C16H15F3N4O.ClH/c17-16(18,19)10-2-1-3-11-14(10)15-21-13(24)8-12(23(15)22-11)9-4-6-20-7-5-9;/h1-3,8-9,20H,4-7H2,(H,21,24);1H. The van der Waals surface area contributed by atoms with Crippen LogP contribution in [0.4, 0.5) is 13.2 Å². The van der Waals surface area contributed by atoms with Gasteiger partial charge in [0.25, 0.3) is 5.56 Å². The predicted octanol–water partition coefficient (Wildman–Crippen LogP) is 3.08. The molecule has 0 saturated carbocycles. The van der Waals surface area contributed by atoms with Crippen molar-refractivity contribution in [1.82, 2.24) is 19.9 Å². The van der Waals surface area contributed by atoms with Crippen molar-refractivity contribution in [2.75, 3.05) is 13.1 Å². The van der Waals surface area contributed by atoms with Gasteiger partial charge in [-0.25, -0.2) is 4.52 Å². The van der Waals surface area contributed by atoms with Crippen LogP contribution in [0.1, 0.15) is 30.0 Å². The molecule has 2 aromatic heterocycles. The molecule has 0 atom stereocenters. The SMILES string of the molecule is Cl.O=c1cc(C2CCNCC2)n2nc3cccc(C(F)(F)F)c3c2[nH]1. The van der Waals surface area contributed by atoms with Crippen LogP contribution in [-0.4, -0.2) is 27.7 Å². The largest absolute Gasteiger partial charge is 0.417 e. The van der Waals surface area contributed by atoms with Crippen LogP contribution in [0.3, 0.4) is 0 Å². The Morgan fingerprint density at radius 1 is 1.20 bits per heavy atom. The highest BCUT2D eigenvalue weighted by atomic mass is 35.5. The Morgan fingerprint density at radius 3 is 2.60 bits per heavy atom. The number of hydrogen-bond acceptors (Lipinski definition) is 3. The van der Waals surface area contributed by atoms with Gasteiger partial charge < -0.3 is 10.3 Å². The Hall–Kier alpha value is -2.06. The van der Waals surface area contributed by atoms with Crippen molar-refractivity contribution in [3.63, 3.8) is 0 Å². The van der Waals surface area contributed by atoms with Crippen LogP contribution in [0.2, 0.25) is 0 Å². The number of halogens is 4. The van der Waals surface area contributed by atoms with Crippen molar-refractivity contribution < 1.29 is 13.2 Å². The number of fused-ring (bicyclic) bond motifs is 3. The summed E-state index contributed by atoms with van der Waals surface area (Å²) in [5.74, 6) is 0.0969. The third kappa shape index (κ3) is 3.00. The van der Waals surface area contributed by atoms with Gasteiger partial charge in [-0.05, 0) is 38.1 Å². The summed E-state index contributed by atoms with van der Waals surface area (Å²) in [5, 5.41) is 7.51. The van der Waals surface area contributed by atoms with Crippen molar-refractivity contribution in [3.05, 3.63) is 45.9 Å². The fraction of sp³-hybridized carbons (Fsp3) is 0.375. The van der Waals surface area contributed by atoms with Crippen LogP contribution >= 0.6 is 12.4 Å². The van der Waals surface area contributed by atoms with E-state index in [-0.39, 0.29) is 34.9 Å². The number of hydrogen-bond donors (Lipinski definition) is 2. The van der Waals surface area contributed by atoms with Gasteiger partial charge in [0, 0.05) is 12.0 Å². The maximum atomic E-state index is 13.3. The Balaban J connectivity index is 0.00000182. The molecule has 134 valence electrons. The summed E-state index contributed by atoms with van der Waals surface area (Å²) in [4.78, 5) is 14.6. The lowest BCUT2D eigenvalue weighted by Crippen LogP contribution is -2.28. The van der Waals surface area contributed by atoms with Gasteiger partial charge in [0.05, 0.1) is 22.2 Å². The topological polar surface area (TPSA) is 62.2 Å². The van der Waals surface area contributed by atoms with E-state index in [1.165, 1.54) is 22.7 Å². The Bertz CT molecular complexity index is 973. The summed E-state index contributed by atoms with van der Waals surface area (Å²) in [7, 11) is 0. The van der Waals surface area contributed by atoms with E-state index in [9.17, 15) is 18.0 Å². The first-order chi connectivity index (χ1) is 11.4. The Morgan fingerprint density at radius 2 is 1.92 bits per heavy atom. The molecule has 1 saturated heterocycles. The minimum absolute atomic E-state index is 0. The molecule has 3 heterocycles. The molecule has 1 fully saturated rings. The van der Waals surface area contributed by atoms with Crippen LogP contribution in [0, 0.1) is 0 Å². The summed E-state index contributed by atoms with van der Waals surface area (Å²) in [5.41, 5.74) is -0.191. The minimum Gasteiger partial charge on any atom is -0.317 e. The molecule has 0 amide bonds. The fourth-order valence-corrected chi connectivity index (χ4v) is 3.43. The van der Waals surface area contributed by atoms with E-state index in [0.717, 1.165) is 32.0 Å². The van der Waals surface area contributed by atoms with E-state index in [1.807, 2.05) is 0 Å². The molecule has 3 aromatic rings. The summed E-state index contributed by atoms with van der Waals surface area (Å²) in [6.07, 6.45) is -2.87. The van der Waals surface area contributed by atoms with Crippen molar-refractivity contribution in [3.8, 4) is 0 Å². The lowest BCUT2D eigenvalue weighted by atomic mass is 9.94. The molecule has 0 aliphatic carbocycles. The molecule has 0 unspecified atom stereocenters. The van der Waals surface area contributed by atoms with Crippen molar-refractivity contribution in [2.24, 2.45) is 0 Å². The normalized spacial score (nSPS) is 16.3. The molecular weight excluding hydrogens is 357 g/mol. The lowest BCUT2D eigenvalue weighted by Gasteiger charge is -2.23. The maximum absolute atomic E-state index is 13.3. The molecular formula is C16H16ClF3N4O. The maximum Gasteiger partial charge on any atom is 0.417 e. The highest BCUT2D eigenvalue weighted by Gasteiger charge is 2.34. The van der Waals surface area contributed by atoms with Gasteiger partial charge in [-0.1, -0.05) is 6.07 Å². The zero-order valence-corrected chi connectivity index (χ0v) is 13.9. The number of piperidine rings is 1. The van der Waals surface area contributed by atoms with Gasteiger partial charge in [0.2, 0.25) is 0 Å². The molecule has 5 nitrogen and oxygen atoms in total.